The molecule has 1 unspecified atom stereocenters. The van der Waals surface area contributed by atoms with Gasteiger partial charge in [0.1, 0.15) is 5.60 Å². The molecule has 0 spiro atoms. The summed E-state index contributed by atoms with van der Waals surface area (Å²) in [4.78, 5) is 13.8. The molecule has 1 fully saturated rings. The van der Waals surface area contributed by atoms with Crippen LogP contribution in [-0.2, 0) is 4.74 Å². The van der Waals surface area contributed by atoms with Crippen LogP contribution in [0, 0.1) is 0 Å². The number of nitrogens with one attached hydrogen (secondary N) is 1. The highest BCUT2D eigenvalue weighted by atomic mass is 35.5. The second kappa shape index (κ2) is 6.88. The Labute approximate surface area is 137 Å². The van der Waals surface area contributed by atoms with Gasteiger partial charge in [-0.2, -0.15) is 0 Å². The Bertz CT molecular complexity index is 528. The van der Waals surface area contributed by atoms with Gasteiger partial charge in [-0.05, 0) is 51.8 Å². The van der Waals surface area contributed by atoms with E-state index in [-0.39, 0.29) is 18.2 Å². The number of carbonyl (C=O) groups is 1. The molecule has 1 heterocycles. The maximum Gasteiger partial charge on any atom is 0.410 e. The first-order valence-corrected chi connectivity index (χ1v) is 8.12. The van der Waals surface area contributed by atoms with Crippen molar-refractivity contribution in [2.24, 2.45) is 0 Å². The fourth-order valence-electron chi connectivity index (χ4n) is 2.61. The zero-order valence-electron chi connectivity index (χ0n) is 13.7. The van der Waals surface area contributed by atoms with Gasteiger partial charge in [0, 0.05) is 30.2 Å². The van der Waals surface area contributed by atoms with E-state index in [1.54, 1.807) is 4.90 Å². The summed E-state index contributed by atoms with van der Waals surface area (Å²) in [5.74, 6) is 0. The Morgan fingerprint density at radius 3 is 2.82 bits per heavy atom. The molecule has 1 aliphatic rings. The van der Waals surface area contributed by atoms with Crippen molar-refractivity contribution >= 4 is 17.7 Å². The second-order valence-electron chi connectivity index (χ2n) is 6.86. The highest BCUT2D eigenvalue weighted by Crippen LogP contribution is 2.21. The van der Waals surface area contributed by atoms with Crippen LogP contribution in [0.4, 0.5) is 4.79 Å². The molecule has 0 aromatic heterocycles. The third-order valence-electron chi connectivity index (χ3n) is 3.67. The molecular weight excluding hydrogens is 300 g/mol. The number of nitrogens with zero attached hydrogens (tertiary/aromatic N) is 1. The molecule has 1 aromatic carbocycles. The highest BCUT2D eigenvalue weighted by Gasteiger charge is 2.30. The van der Waals surface area contributed by atoms with Crippen LogP contribution in [0.5, 0.6) is 0 Å². The average Bonchev–Trinajstić information content (AvgIpc) is 2.85. The maximum absolute atomic E-state index is 12.1. The molecule has 0 radical (unpaired) electrons. The summed E-state index contributed by atoms with van der Waals surface area (Å²) in [6.07, 6.45) is 0.705. The van der Waals surface area contributed by atoms with Gasteiger partial charge in [-0.3, -0.25) is 0 Å². The van der Waals surface area contributed by atoms with Crippen LogP contribution in [0.15, 0.2) is 24.3 Å². The minimum atomic E-state index is -0.448. The van der Waals surface area contributed by atoms with Crippen LogP contribution in [-0.4, -0.2) is 35.7 Å². The molecule has 1 aliphatic heterocycles. The van der Waals surface area contributed by atoms with E-state index < -0.39 is 5.60 Å². The van der Waals surface area contributed by atoms with E-state index in [1.165, 1.54) is 0 Å². The maximum atomic E-state index is 12.1. The van der Waals surface area contributed by atoms with E-state index in [0.717, 1.165) is 23.6 Å². The van der Waals surface area contributed by atoms with Crippen LogP contribution >= 0.6 is 11.6 Å². The number of hydrogen-bond donors (Lipinski definition) is 1. The summed E-state index contributed by atoms with van der Waals surface area (Å²) in [6, 6.07) is 8.34. The van der Waals surface area contributed by atoms with Gasteiger partial charge < -0.3 is 15.0 Å². The first-order chi connectivity index (χ1) is 10.2. The predicted octanol–water partition coefficient (Wildman–Crippen LogP) is 4.00. The molecule has 1 N–H and O–H groups in total. The lowest BCUT2D eigenvalue weighted by Crippen LogP contribution is -2.39. The fourth-order valence-corrected chi connectivity index (χ4v) is 2.81. The third kappa shape index (κ3) is 4.89. The molecular formula is C17H25ClN2O2. The van der Waals surface area contributed by atoms with Crippen molar-refractivity contribution < 1.29 is 9.53 Å². The number of benzene rings is 1. The van der Waals surface area contributed by atoms with Crippen molar-refractivity contribution in [2.45, 2.75) is 51.8 Å². The van der Waals surface area contributed by atoms with Crippen LogP contribution in [0.3, 0.4) is 0 Å². The quantitative estimate of drug-likeness (QED) is 0.913. The summed E-state index contributed by atoms with van der Waals surface area (Å²) in [5, 5.41) is 4.31. The molecule has 2 rings (SSSR count). The Hall–Kier alpha value is -1.26. The largest absolute Gasteiger partial charge is 0.444 e. The first kappa shape index (κ1) is 17.1. The standard InChI is InChI=1S/C17H25ClN2O2/c1-12(13-6-5-7-14(18)10-13)19-15-8-9-20(11-15)16(21)22-17(2,3)4/h5-7,10,12,15,19H,8-9,11H2,1-4H3/t12-,15?/m0/s1. The summed E-state index contributed by atoms with van der Waals surface area (Å²) in [5.41, 5.74) is 0.708. The summed E-state index contributed by atoms with van der Waals surface area (Å²) >= 11 is 6.03. The number of hydrogen-bond acceptors (Lipinski definition) is 3. The number of rotatable bonds is 3. The van der Waals surface area contributed by atoms with E-state index >= 15 is 0 Å². The van der Waals surface area contributed by atoms with Crippen molar-refractivity contribution in [1.82, 2.24) is 10.2 Å². The smallest absolute Gasteiger partial charge is 0.410 e. The Morgan fingerprint density at radius 1 is 1.45 bits per heavy atom. The van der Waals surface area contributed by atoms with Crippen LogP contribution in [0.1, 0.15) is 45.7 Å². The summed E-state index contributed by atoms with van der Waals surface area (Å²) in [7, 11) is 0. The molecule has 2 atom stereocenters. The number of carbonyl (C=O) groups excluding carboxylic acids is 1. The molecule has 1 saturated heterocycles. The van der Waals surface area contributed by atoms with E-state index in [1.807, 2.05) is 39.0 Å². The lowest BCUT2D eigenvalue weighted by Gasteiger charge is -2.25. The SMILES string of the molecule is C[C@H](NC1CCN(C(=O)OC(C)(C)C)C1)c1cccc(Cl)c1. The summed E-state index contributed by atoms with van der Waals surface area (Å²) < 4.78 is 5.42. The zero-order chi connectivity index (χ0) is 16.3. The van der Waals surface area contributed by atoms with Gasteiger partial charge in [-0.25, -0.2) is 4.79 Å². The van der Waals surface area contributed by atoms with Crippen molar-refractivity contribution in [3.63, 3.8) is 0 Å². The van der Waals surface area contributed by atoms with Crippen molar-refractivity contribution in [2.75, 3.05) is 13.1 Å². The lowest BCUT2D eigenvalue weighted by molar-refractivity contribution is 0.0290. The van der Waals surface area contributed by atoms with Crippen molar-refractivity contribution in [1.29, 1.82) is 0 Å². The Kier molecular flexibility index (Phi) is 5.35. The monoisotopic (exact) mass is 324 g/mol. The van der Waals surface area contributed by atoms with E-state index in [4.69, 9.17) is 16.3 Å². The normalized spacial score (nSPS) is 20.0. The van der Waals surface area contributed by atoms with Gasteiger partial charge in [-0.15, -0.1) is 0 Å². The Morgan fingerprint density at radius 2 is 2.18 bits per heavy atom. The summed E-state index contributed by atoms with van der Waals surface area (Å²) in [6.45, 7) is 9.18. The second-order valence-corrected chi connectivity index (χ2v) is 7.29. The molecule has 1 amide bonds. The fraction of sp³-hybridized carbons (Fsp3) is 0.588. The number of likely N-dealkylation sites (tertiary alicyclic amines) is 1. The highest BCUT2D eigenvalue weighted by molar-refractivity contribution is 6.30. The van der Waals surface area contributed by atoms with Crippen LogP contribution < -0.4 is 5.32 Å². The molecule has 0 bridgehead atoms. The van der Waals surface area contributed by atoms with Crippen LogP contribution in [0.2, 0.25) is 5.02 Å². The third-order valence-corrected chi connectivity index (χ3v) is 3.91. The topological polar surface area (TPSA) is 41.6 Å². The van der Waals surface area contributed by atoms with Crippen molar-refractivity contribution in [3.05, 3.63) is 34.9 Å². The van der Waals surface area contributed by atoms with Gasteiger partial charge in [0.05, 0.1) is 0 Å². The molecule has 1 aromatic rings. The van der Waals surface area contributed by atoms with Crippen LogP contribution in [0.25, 0.3) is 0 Å². The predicted molar refractivity (Wildman–Crippen MR) is 89.2 cm³/mol. The number of halogens is 1. The Balaban J connectivity index is 1.87. The minimum Gasteiger partial charge on any atom is -0.444 e. The molecule has 5 heteroatoms. The van der Waals surface area contributed by atoms with E-state index in [9.17, 15) is 4.79 Å². The minimum absolute atomic E-state index is 0.197. The molecule has 22 heavy (non-hydrogen) atoms. The van der Waals surface area contributed by atoms with E-state index in [2.05, 4.69) is 18.3 Å². The van der Waals surface area contributed by atoms with Crippen molar-refractivity contribution in [3.8, 4) is 0 Å². The lowest BCUT2D eigenvalue weighted by atomic mass is 10.1. The molecule has 0 saturated carbocycles. The zero-order valence-corrected chi connectivity index (χ0v) is 14.5. The van der Waals surface area contributed by atoms with E-state index in [0.29, 0.717) is 6.54 Å². The number of amides is 1. The van der Waals surface area contributed by atoms with Gasteiger partial charge in [-0.1, -0.05) is 23.7 Å². The van der Waals surface area contributed by atoms with Gasteiger partial charge in [0.15, 0.2) is 0 Å². The van der Waals surface area contributed by atoms with Gasteiger partial charge in [0.25, 0.3) is 0 Å². The first-order valence-electron chi connectivity index (χ1n) is 7.74. The van der Waals surface area contributed by atoms with Gasteiger partial charge in [0.2, 0.25) is 0 Å². The van der Waals surface area contributed by atoms with Gasteiger partial charge >= 0.3 is 6.09 Å². The number of ether oxygens (including phenoxy) is 1. The molecule has 122 valence electrons. The average molecular weight is 325 g/mol. The molecule has 0 aliphatic carbocycles. The molecule has 4 nitrogen and oxygen atoms in total.